The van der Waals surface area contributed by atoms with Gasteiger partial charge in [0.2, 0.25) is 0 Å². The first-order valence-electron chi connectivity index (χ1n) is 10.9. The molecule has 1 unspecified atom stereocenters. The molecule has 1 saturated carbocycles. The largest absolute Gasteiger partial charge is 0.508 e. The highest BCUT2D eigenvalue weighted by Gasteiger charge is 2.42. The Morgan fingerprint density at radius 3 is 2.57 bits per heavy atom. The molecule has 1 saturated heterocycles. The number of allylic oxidation sites excluding steroid dienone is 4. The Balaban J connectivity index is 1.99. The van der Waals surface area contributed by atoms with Gasteiger partial charge in [0.15, 0.2) is 0 Å². The maximum Gasteiger partial charge on any atom is 0.253 e. The van der Waals surface area contributed by atoms with E-state index < -0.39 is 5.83 Å². The molecule has 1 spiro atoms. The quantitative estimate of drug-likeness (QED) is 0.708. The third-order valence-corrected chi connectivity index (χ3v) is 6.69. The first-order valence-corrected chi connectivity index (χ1v) is 10.9. The van der Waals surface area contributed by atoms with Crippen molar-refractivity contribution in [3.63, 3.8) is 0 Å². The average molecular weight is 413 g/mol. The lowest BCUT2D eigenvalue weighted by Crippen LogP contribution is -2.40. The van der Waals surface area contributed by atoms with Crippen molar-refractivity contribution in [3.05, 3.63) is 65.5 Å². The molecule has 30 heavy (non-hydrogen) atoms. The Morgan fingerprint density at radius 1 is 1.33 bits per heavy atom. The Hall–Kier alpha value is -2.40. The smallest absolute Gasteiger partial charge is 0.253 e. The third-order valence-electron chi connectivity index (χ3n) is 6.69. The lowest BCUT2D eigenvalue weighted by atomic mass is 9.60. The molecule has 1 aromatic rings. The zero-order chi connectivity index (χ0) is 21.9. The van der Waals surface area contributed by atoms with Gasteiger partial charge >= 0.3 is 0 Å². The van der Waals surface area contributed by atoms with E-state index in [2.05, 4.69) is 18.5 Å². The van der Waals surface area contributed by atoms with E-state index in [4.69, 9.17) is 0 Å². The Morgan fingerprint density at radius 2 is 2.00 bits per heavy atom. The summed E-state index contributed by atoms with van der Waals surface area (Å²) in [5.41, 5.74) is 2.99. The number of nitrogens with zero attached hydrogens (tertiary/aromatic N) is 1. The molecule has 1 aliphatic carbocycles. The van der Waals surface area contributed by atoms with Gasteiger partial charge in [0.1, 0.15) is 11.6 Å². The zero-order valence-electron chi connectivity index (χ0n) is 18.1. The maximum atomic E-state index is 13.8. The molecule has 1 aromatic carbocycles. The minimum Gasteiger partial charge on any atom is -0.508 e. The number of hydrogen-bond donors (Lipinski definition) is 2. The van der Waals surface area contributed by atoms with E-state index in [-0.39, 0.29) is 23.0 Å². The topological polar surface area (TPSA) is 52.6 Å². The molecule has 4 nitrogen and oxygen atoms in total. The van der Waals surface area contributed by atoms with Crippen molar-refractivity contribution in [2.24, 2.45) is 5.41 Å². The zero-order valence-corrected chi connectivity index (χ0v) is 18.1. The van der Waals surface area contributed by atoms with E-state index in [1.807, 2.05) is 19.9 Å². The lowest BCUT2D eigenvalue weighted by Gasteiger charge is -2.46. The number of phenols is 1. The van der Waals surface area contributed by atoms with E-state index >= 15 is 0 Å². The maximum absolute atomic E-state index is 13.8. The molecule has 0 aromatic heterocycles. The van der Waals surface area contributed by atoms with E-state index in [0.717, 1.165) is 55.5 Å². The third kappa shape index (κ3) is 4.51. The fraction of sp³-hybridized carbons (Fsp3) is 0.480. The lowest BCUT2D eigenvalue weighted by molar-refractivity contribution is 0.0772. The molecule has 5 heteroatoms. The summed E-state index contributed by atoms with van der Waals surface area (Å²) in [7, 11) is 0. The number of amides is 1. The second kappa shape index (κ2) is 9.17. The van der Waals surface area contributed by atoms with Gasteiger partial charge in [-0.1, -0.05) is 24.8 Å². The Kier molecular flexibility index (Phi) is 6.81. The van der Waals surface area contributed by atoms with Crippen molar-refractivity contribution >= 4 is 5.91 Å². The molecule has 162 valence electrons. The van der Waals surface area contributed by atoms with Crippen LogP contribution in [0.4, 0.5) is 4.39 Å². The van der Waals surface area contributed by atoms with Crippen LogP contribution in [0.2, 0.25) is 0 Å². The average Bonchev–Trinajstić information content (AvgIpc) is 2.71. The Labute approximate surface area is 179 Å². The van der Waals surface area contributed by atoms with Crippen molar-refractivity contribution in [2.75, 3.05) is 26.2 Å². The van der Waals surface area contributed by atoms with Gasteiger partial charge in [0.25, 0.3) is 5.91 Å². The van der Waals surface area contributed by atoms with Crippen molar-refractivity contribution < 1.29 is 14.3 Å². The summed E-state index contributed by atoms with van der Waals surface area (Å²) in [6, 6.07) is 5.13. The molecule has 0 radical (unpaired) electrons. The van der Waals surface area contributed by atoms with Crippen molar-refractivity contribution in [1.82, 2.24) is 10.2 Å². The molecule has 0 bridgehead atoms. The number of piperidine rings is 1. The van der Waals surface area contributed by atoms with Crippen LogP contribution in [-0.2, 0) is 0 Å². The van der Waals surface area contributed by atoms with E-state index in [9.17, 15) is 14.3 Å². The second-order valence-electron chi connectivity index (χ2n) is 8.58. The highest BCUT2D eigenvalue weighted by Crippen LogP contribution is 2.54. The first kappa shape index (κ1) is 22.3. The number of hydrogen-bond acceptors (Lipinski definition) is 3. The summed E-state index contributed by atoms with van der Waals surface area (Å²) in [5.74, 6) is -0.704. The minimum absolute atomic E-state index is 0.0761. The minimum atomic E-state index is -0.509. The molecule has 1 atom stereocenters. The van der Waals surface area contributed by atoms with Crippen molar-refractivity contribution in [3.8, 4) is 5.75 Å². The normalized spacial score (nSPS) is 22.3. The summed E-state index contributed by atoms with van der Waals surface area (Å²) in [6.45, 7) is 14.7. The van der Waals surface area contributed by atoms with Crippen LogP contribution in [0, 0.1) is 5.41 Å². The predicted molar refractivity (Wildman–Crippen MR) is 119 cm³/mol. The van der Waals surface area contributed by atoms with Crippen LogP contribution >= 0.6 is 0 Å². The van der Waals surface area contributed by atoms with Crippen LogP contribution in [0.25, 0.3) is 0 Å². The van der Waals surface area contributed by atoms with Gasteiger partial charge in [-0.2, -0.15) is 0 Å². The molecular formula is C25H33FN2O2. The summed E-state index contributed by atoms with van der Waals surface area (Å²) < 4.78 is 13.8. The number of carbonyl (C=O) groups excluding carboxylic acids is 1. The molecule has 1 heterocycles. The fourth-order valence-corrected chi connectivity index (χ4v) is 5.07. The molecule has 3 rings (SSSR count). The fourth-order valence-electron chi connectivity index (χ4n) is 5.07. The molecular weight excluding hydrogens is 379 g/mol. The van der Waals surface area contributed by atoms with Gasteiger partial charge in [-0.3, -0.25) is 4.79 Å². The van der Waals surface area contributed by atoms with Gasteiger partial charge in [-0.25, -0.2) is 4.39 Å². The highest BCUT2D eigenvalue weighted by atomic mass is 19.1. The first-order chi connectivity index (χ1) is 14.3. The van der Waals surface area contributed by atoms with Crippen LogP contribution < -0.4 is 5.32 Å². The molecule has 2 aliphatic rings. The number of phenolic OH excluding ortho intramolecular Hbond substituents is 1. The van der Waals surface area contributed by atoms with Crippen LogP contribution in [-0.4, -0.2) is 42.1 Å². The second-order valence-corrected chi connectivity index (χ2v) is 8.58. The number of rotatable bonds is 5. The van der Waals surface area contributed by atoms with Gasteiger partial charge in [0, 0.05) is 30.1 Å². The van der Waals surface area contributed by atoms with Crippen LogP contribution in [0.3, 0.4) is 0 Å². The highest BCUT2D eigenvalue weighted by molar-refractivity contribution is 5.94. The van der Waals surface area contributed by atoms with Crippen LogP contribution in [0.1, 0.15) is 61.4 Å². The van der Waals surface area contributed by atoms with Crippen molar-refractivity contribution in [2.45, 2.75) is 45.4 Å². The molecule has 1 aliphatic heterocycles. The predicted octanol–water partition coefficient (Wildman–Crippen LogP) is 5.09. The van der Waals surface area contributed by atoms with Crippen molar-refractivity contribution in [1.29, 1.82) is 0 Å². The van der Waals surface area contributed by atoms with Crippen LogP contribution in [0.15, 0.2) is 54.4 Å². The summed E-state index contributed by atoms with van der Waals surface area (Å²) in [5, 5.41) is 14.3. The standard InChI is InChI=1S/C25H33FN2O2/c1-5-28(6-2)24(30)19-7-8-20(23(29)14-19)22-16-25(9-11-27-12-10-25)15-17(3)21(22)13-18(4)26/h7-8,13-14,22,27,29H,3-6,9-12,15-16H2,1-2H3/b21-13+. The number of nitrogens with one attached hydrogen (secondary N) is 1. The van der Waals surface area contributed by atoms with Gasteiger partial charge in [-0.15, -0.1) is 0 Å². The summed E-state index contributed by atoms with van der Waals surface area (Å²) in [4.78, 5) is 14.4. The van der Waals surface area contributed by atoms with Crippen LogP contribution in [0.5, 0.6) is 5.75 Å². The van der Waals surface area contributed by atoms with E-state index in [1.165, 1.54) is 6.08 Å². The number of halogens is 1. The molecule has 1 amide bonds. The number of aromatic hydroxyl groups is 1. The molecule has 2 N–H and O–H groups in total. The summed E-state index contributed by atoms with van der Waals surface area (Å²) in [6.07, 6.45) is 5.18. The molecule has 2 fully saturated rings. The number of carbonyl (C=O) groups is 1. The van der Waals surface area contributed by atoms with E-state index in [1.54, 1.807) is 17.0 Å². The summed E-state index contributed by atoms with van der Waals surface area (Å²) >= 11 is 0. The SMILES string of the molecule is C=C(F)/C=C1\C(=C)CC2(CCNCC2)CC1c1ccc(C(=O)N(CC)CC)cc1O. The van der Waals surface area contributed by atoms with Gasteiger partial charge in [0.05, 0.1) is 0 Å². The van der Waals surface area contributed by atoms with Gasteiger partial charge < -0.3 is 15.3 Å². The van der Waals surface area contributed by atoms with Gasteiger partial charge in [-0.05, 0) is 81.8 Å². The van der Waals surface area contributed by atoms with E-state index in [0.29, 0.717) is 18.7 Å². The monoisotopic (exact) mass is 412 g/mol. The Bertz CT molecular complexity index is 864. The number of benzene rings is 1.